The Morgan fingerprint density at radius 2 is 2.15 bits per heavy atom. The van der Waals surface area contributed by atoms with Crippen LogP contribution in [0.5, 0.6) is 0 Å². The third kappa shape index (κ3) is 4.54. The molecule has 0 spiro atoms. The quantitative estimate of drug-likeness (QED) is 0.744. The molecule has 26 heavy (non-hydrogen) atoms. The molecule has 1 unspecified atom stereocenters. The predicted molar refractivity (Wildman–Crippen MR) is 110 cm³/mol. The van der Waals surface area contributed by atoms with Crippen LogP contribution in [0.3, 0.4) is 0 Å². The van der Waals surface area contributed by atoms with Crippen LogP contribution in [-0.2, 0) is 10.0 Å². The Balaban J connectivity index is 1.61. The normalized spacial score (nSPS) is 19.1. The van der Waals surface area contributed by atoms with Gasteiger partial charge in [0.25, 0.3) is 0 Å². The molecule has 0 amide bonds. The van der Waals surface area contributed by atoms with E-state index in [-0.39, 0.29) is 0 Å². The van der Waals surface area contributed by atoms with Gasteiger partial charge in [0.05, 0.1) is 5.69 Å². The fraction of sp³-hybridized carbons (Fsp3) is 0.611. The lowest BCUT2D eigenvalue weighted by atomic mass is 10.0. The summed E-state index contributed by atoms with van der Waals surface area (Å²) in [5.41, 5.74) is 1.89. The minimum absolute atomic E-state index is 0.365. The van der Waals surface area contributed by atoms with Gasteiger partial charge in [-0.3, -0.25) is 4.90 Å². The number of nitrogens with zero attached hydrogens (tertiary/aromatic N) is 2. The first kappa shape index (κ1) is 19.9. The predicted octanol–water partition coefficient (Wildman–Crippen LogP) is 4.03. The molecule has 1 fully saturated rings. The first-order valence-electron chi connectivity index (χ1n) is 9.17. The van der Waals surface area contributed by atoms with Crippen molar-refractivity contribution in [2.45, 2.75) is 56.7 Å². The minimum Gasteiger partial charge on any atom is -0.299 e. The number of thiophene rings is 1. The lowest BCUT2D eigenvalue weighted by molar-refractivity contribution is 0.147. The number of nitrogens with one attached hydrogen (secondary N) is 1. The Labute approximate surface area is 164 Å². The number of likely N-dealkylation sites (tertiary alicyclic amines) is 1. The molecule has 5 nitrogen and oxygen atoms in total. The van der Waals surface area contributed by atoms with Gasteiger partial charge in [-0.15, -0.1) is 22.7 Å². The van der Waals surface area contributed by atoms with Gasteiger partial charge in [0.15, 0.2) is 0 Å². The summed E-state index contributed by atoms with van der Waals surface area (Å²) in [6.45, 7) is 8.54. The van der Waals surface area contributed by atoms with Gasteiger partial charge in [-0.2, -0.15) is 0 Å². The van der Waals surface area contributed by atoms with Crippen molar-refractivity contribution in [1.82, 2.24) is 14.6 Å². The SMILES string of the molecule is CCC1CCCCN1CCNS(=O)(=O)c1cc(-c2nc(C)c(C)s2)cs1. The first-order valence-corrected chi connectivity index (χ1v) is 12.4. The zero-order valence-corrected chi connectivity index (χ0v) is 18.1. The van der Waals surface area contributed by atoms with Crippen molar-refractivity contribution in [3.63, 3.8) is 0 Å². The largest absolute Gasteiger partial charge is 0.299 e. The molecule has 0 aliphatic carbocycles. The van der Waals surface area contributed by atoms with Crippen molar-refractivity contribution in [3.05, 3.63) is 22.0 Å². The highest BCUT2D eigenvalue weighted by Gasteiger charge is 2.22. The van der Waals surface area contributed by atoms with E-state index in [1.807, 2.05) is 19.2 Å². The summed E-state index contributed by atoms with van der Waals surface area (Å²) >= 11 is 2.86. The molecule has 144 valence electrons. The van der Waals surface area contributed by atoms with Crippen LogP contribution in [0.25, 0.3) is 10.6 Å². The standard InChI is InChI=1S/C18H27N3O2S3/c1-4-16-7-5-6-9-21(16)10-8-19-26(22,23)17-11-15(12-24-17)18-20-13(2)14(3)25-18/h11-12,16,19H,4-10H2,1-3H3. The van der Waals surface area contributed by atoms with E-state index in [1.165, 1.54) is 35.5 Å². The zero-order chi connectivity index (χ0) is 18.7. The van der Waals surface area contributed by atoms with E-state index < -0.39 is 10.0 Å². The monoisotopic (exact) mass is 413 g/mol. The van der Waals surface area contributed by atoms with Crippen LogP contribution < -0.4 is 4.72 Å². The Morgan fingerprint density at radius 3 is 2.85 bits per heavy atom. The number of sulfonamides is 1. The van der Waals surface area contributed by atoms with Gasteiger partial charge >= 0.3 is 0 Å². The summed E-state index contributed by atoms with van der Waals surface area (Å²) in [5, 5.41) is 2.76. The second kappa shape index (κ2) is 8.48. The highest BCUT2D eigenvalue weighted by Crippen LogP contribution is 2.32. The number of hydrogen-bond donors (Lipinski definition) is 1. The Morgan fingerprint density at radius 1 is 1.35 bits per heavy atom. The molecule has 3 rings (SSSR count). The van der Waals surface area contributed by atoms with E-state index in [9.17, 15) is 8.42 Å². The van der Waals surface area contributed by atoms with E-state index in [2.05, 4.69) is 21.5 Å². The van der Waals surface area contributed by atoms with Crippen LogP contribution in [0.2, 0.25) is 0 Å². The number of aryl methyl sites for hydroxylation is 2. The molecule has 1 aliphatic rings. The molecule has 0 radical (unpaired) electrons. The average Bonchev–Trinajstić information content (AvgIpc) is 3.23. The number of thiazole rings is 1. The van der Waals surface area contributed by atoms with E-state index in [4.69, 9.17) is 0 Å². The lowest BCUT2D eigenvalue weighted by Crippen LogP contribution is -2.43. The molecule has 1 atom stereocenters. The van der Waals surface area contributed by atoms with Gasteiger partial charge in [0.2, 0.25) is 10.0 Å². The van der Waals surface area contributed by atoms with Gasteiger partial charge in [-0.05, 0) is 45.7 Å². The van der Waals surface area contributed by atoms with Crippen molar-refractivity contribution < 1.29 is 8.42 Å². The van der Waals surface area contributed by atoms with E-state index in [0.717, 1.165) is 35.8 Å². The fourth-order valence-electron chi connectivity index (χ4n) is 3.38. The first-order chi connectivity index (χ1) is 12.4. The van der Waals surface area contributed by atoms with Gasteiger partial charge in [-0.25, -0.2) is 18.1 Å². The molecule has 0 bridgehead atoms. The van der Waals surface area contributed by atoms with Gasteiger partial charge in [0.1, 0.15) is 9.22 Å². The Kier molecular flexibility index (Phi) is 6.50. The van der Waals surface area contributed by atoms with Gasteiger partial charge < -0.3 is 0 Å². The Hall–Kier alpha value is -0.800. The van der Waals surface area contributed by atoms with E-state index >= 15 is 0 Å². The molecule has 1 aliphatic heterocycles. The molecule has 2 aromatic heterocycles. The van der Waals surface area contributed by atoms with E-state index in [1.54, 1.807) is 17.4 Å². The molecule has 1 N–H and O–H groups in total. The van der Waals surface area contributed by atoms with Crippen molar-refractivity contribution in [1.29, 1.82) is 0 Å². The van der Waals surface area contributed by atoms with Crippen molar-refractivity contribution in [2.75, 3.05) is 19.6 Å². The average molecular weight is 414 g/mol. The maximum Gasteiger partial charge on any atom is 0.250 e. The smallest absolute Gasteiger partial charge is 0.250 e. The van der Waals surface area contributed by atoms with Crippen LogP contribution in [0.1, 0.15) is 43.2 Å². The summed E-state index contributed by atoms with van der Waals surface area (Å²) in [4.78, 5) is 8.11. The second-order valence-corrected chi connectivity index (χ2v) is 10.9. The van der Waals surface area contributed by atoms with Crippen LogP contribution in [0.4, 0.5) is 0 Å². The van der Waals surface area contributed by atoms with Crippen LogP contribution in [0.15, 0.2) is 15.7 Å². The Bertz CT molecular complexity index is 822. The highest BCUT2D eigenvalue weighted by atomic mass is 32.2. The summed E-state index contributed by atoms with van der Waals surface area (Å²) in [6, 6.07) is 2.33. The number of piperidine rings is 1. The van der Waals surface area contributed by atoms with Crippen LogP contribution in [-0.4, -0.2) is 44.0 Å². The lowest BCUT2D eigenvalue weighted by Gasteiger charge is -2.35. The van der Waals surface area contributed by atoms with Gasteiger partial charge in [-0.1, -0.05) is 13.3 Å². The molecule has 0 aromatic carbocycles. The summed E-state index contributed by atoms with van der Waals surface area (Å²) < 4.78 is 28.3. The second-order valence-electron chi connectivity index (χ2n) is 6.81. The van der Waals surface area contributed by atoms with Gasteiger partial charge in [0, 0.05) is 35.0 Å². The summed E-state index contributed by atoms with van der Waals surface area (Å²) in [5.74, 6) is 0. The van der Waals surface area contributed by atoms with E-state index in [0.29, 0.717) is 16.8 Å². The van der Waals surface area contributed by atoms with Crippen molar-refractivity contribution in [3.8, 4) is 10.6 Å². The molecule has 1 saturated heterocycles. The molecular weight excluding hydrogens is 386 g/mol. The van der Waals surface area contributed by atoms with Crippen molar-refractivity contribution >= 4 is 32.7 Å². The zero-order valence-electron chi connectivity index (χ0n) is 15.6. The molecule has 2 aromatic rings. The van der Waals surface area contributed by atoms with Crippen molar-refractivity contribution in [2.24, 2.45) is 0 Å². The minimum atomic E-state index is -3.46. The topological polar surface area (TPSA) is 62.3 Å². The maximum atomic E-state index is 12.6. The highest BCUT2D eigenvalue weighted by molar-refractivity contribution is 7.91. The third-order valence-corrected chi connectivity index (χ3v) is 9.05. The summed E-state index contributed by atoms with van der Waals surface area (Å²) in [6.07, 6.45) is 4.86. The number of hydrogen-bond acceptors (Lipinski definition) is 6. The fourth-order valence-corrected chi connectivity index (χ4v) is 6.58. The van der Waals surface area contributed by atoms with Crippen LogP contribution in [0, 0.1) is 13.8 Å². The van der Waals surface area contributed by atoms with Crippen LogP contribution >= 0.6 is 22.7 Å². The molecule has 3 heterocycles. The summed E-state index contributed by atoms with van der Waals surface area (Å²) in [7, 11) is -3.46. The maximum absolute atomic E-state index is 12.6. The molecule has 8 heteroatoms. The number of aromatic nitrogens is 1. The third-order valence-electron chi connectivity index (χ3n) is 5.03. The molecule has 0 saturated carbocycles. The number of rotatable bonds is 7. The molecular formula is C18H27N3O2S3.